The fraction of sp³-hybridized carbons (Fsp3) is 0.300. The largest absolute Gasteiger partial charge is 0.326 e. The van der Waals surface area contributed by atoms with E-state index in [2.05, 4.69) is 15.0 Å². The Hall–Kier alpha value is -2.67. The predicted molar refractivity (Wildman–Crippen MR) is 107 cm³/mol. The van der Waals surface area contributed by atoms with Crippen molar-refractivity contribution in [3.05, 3.63) is 59.2 Å². The molecule has 2 aromatic carbocycles. The number of sulfonamides is 1. The number of amides is 1. The molecule has 0 fully saturated rings. The molecule has 0 unspecified atom stereocenters. The third kappa shape index (κ3) is 4.95. The number of aryl methyl sites for hydroxylation is 2. The van der Waals surface area contributed by atoms with E-state index in [1.165, 1.54) is 12.1 Å². The van der Waals surface area contributed by atoms with E-state index in [0.717, 1.165) is 23.1 Å². The van der Waals surface area contributed by atoms with Gasteiger partial charge in [-0.1, -0.05) is 29.8 Å². The molecule has 1 heterocycles. The summed E-state index contributed by atoms with van der Waals surface area (Å²) in [5.41, 5.74) is 3.55. The van der Waals surface area contributed by atoms with Crippen molar-refractivity contribution in [1.29, 1.82) is 0 Å². The number of carbonyl (C=O) groups is 1. The van der Waals surface area contributed by atoms with Crippen molar-refractivity contribution in [2.24, 2.45) is 4.99 Å². The van der Waals surface area contributed by atoms with E-state index >= 15 is 0 Å². The molecule has 0 saturated carbocycles. The van der Waals surface area contributed by atoms with Crippen molar-refractivity contribution >= 4 is 27.5 Å². The Labute approximate surface area is 159 Å². The highest BCUT2D eigenvalue weighted by Crippen LogP contribution is 2.18. The van der Waals surface area contributed by atoms with E-state index < -0.39 is 10.0 Å². The monoisotopic (exact) mass is 385 g/mol. The van der Waals surface area contributed by atoms with E-state index in [1.54, 1.807) is 12.1 Å². The number of nitrogens with one attached hydrogen (secondary N) is 2. The zero-order valence-electron chi connectivity index (χ0n) is 15.5. The summed E-state index contributed by atoms with van der Waals surface area (Å²) in [6, 6.07) is 12.2. The molecule has 0 spiro atoms. The van der Waals surface area contributed by atoms with Gasteiger partial charge in [0.1, 0.15) is 5.84 Å². The molecule has 0 bridgehead atoms. The van der Waals surface area contributed by atoms with Crippen molar-refractivity contribution < 1.29 is 13.2 Å². The van der Waals surface area contributed by atoms with E-state index in [4.69, 9.17) is 0 Å². The minimum atomic E-state index is -3.71. The molecular weight excluding hydrogens is 362 g/mol. The summed E-state index contributed by atoms with van der Waals surface area (Å²) < 4.78 is 27.5. The van der Waals surface area contributed by atoms with Gasteiger partial charge in [-0.25, -0.2) is 8.42 Å². The van der Waals surface area contributed by atoms with Gasteiger partial charge in [0, 0.05) is 18.7 Å². The Morgan fingerprint density at radius 2 is 1.96 bits per heavy atom. The average Bonchev–Trinajstić information content (AvgIpc) is 3.10. The van der Waals surface area contributed by atoms with Crippen molar-refractivity contribution in [2.45, 2.75) is 38.0 Å². The number of anilines is 1. The number of aliphatic imine (C=N–C) groups is 1. The maximum absolute atomic E-state index is 12.5. The van der Waals surface area contributed by atoms with E-state index in [-0.39, 0.29) is 17.2 Å². The van der Waals surface area contributed by atoms with Gasteiger partial charge in [0.2, 0.25) is 5.91 Å². The molecule has 1 aliphatic rings. The Bertz CT molecular complexity index is 997. The van der Waals surface area contributed by atoms with Crippen molar-refractivity contribution in [2.75, 3.05) is 11.9 Å². The summed E-state index contributed by atoms with van der Waals surface area (Å²) in [5, 5.41) is 2.78. The van der Waals surface area contributed by atoms with Gasteiger partial charge in [-0.15, -0.1) is 0 Å². The lowest BCUT2D eigenvalue weighted by molar-refractivity contribution is -0.115. The van der Waals surface area contributed by atoms with Crippen molar-refractivity contribution in [1.82, 2.24) is 4.72 Å². The first-order valence-corrected chi connectivity index (χ1v) is 10.3. The molecule has 27 heavy (non-hydrogen) atoms. The number of hydrogen-bond donors (Lipinski definition) is 2. The highest BCUT2D eigenvalue weighted by molar-refractivity contribution is 7.90. The topological polar surface area (TPSA) is 87.6 Å². The fourth-order valence-corrected chi connectivity index (χ4v) is 4.08. The molecular formula is C20H23N3O3S. The van der Waals surface area contributed by atoms with E-state index in [1.807, 2.05) is 32.0 Å². The number of carbonyl (C=O) groups excluding carboxylic acids is 1. The van der Waals surface area contributed by atoms with Crippen LogP contribution in [0.2, 0.25) is 0 Å². The van der Waals surface area contributed by atoms with Crippen LogP contribution in [0.5, 0.6) is 0 Å². The van der Waals surface area contributed by atoms with E-state index in [0.29, 0.717) is 24.5 Å². The molecule has 1 aliphatic heterocycles. The Kier molecular flexibility index (Phi) is 5.60. The van der Waals surface area contributed by atoms with Gasteiger partial charge in [-0.3, -0.25) is 14.5 Å². The molecule has 7 heteroatoms. The lowest BCUT2D eigenvalue weighted by atomic mass is 10.0. The highest BCUT2D eigenvalue weighted by Gasteiger charge is 2.19. The molecule has 1 amide bonds. The Balaban J connectivity index is 1.71. The number of nitrogens with zero attached hydrogens (tertiary/aromatic N) is 1. The number of benzene rings is 2. The predicted octanol–water partition coefficient (Wildman–Crippen LogP) is 2.96. The van der Waals surface area contributed by atoms with Crippen LogP contribution < -0.4 is 10.0 Å². The second kappa shape index (κ2) is 7.92. The van der Waals surface area contributed by atoms with Crippen molar-refractivity contribution in [3.63, 3.8) is 0 Å². The van der Waals surface area contributed by atoms with Crippen LogP contribution in [0.15, 0.2) is 52.4 Å². The lowest BCUT2D eigenvalue weighted by Crippen LogP contribution is -2.29. The van der Waals surface area contributed by atoms with Crippen LogP contribution in [-0.4, -0.2) is 26.7 Å². The molecule has 0 aliphatic carbocycles. The maximum Gasteiger partial charge on any atom is 0.262 e. The summed E-state index contributed by atoms with van der Waals surface area (Å²) in [7, 11) is -3.71. The standard InChI is InChI=1S/C20H23N3O3S/c1-14-8-9-15(2)16(11-14)12-20(24)22-17-5-3-6-18(13-17)27(25,26)23-19-7-4-10-21-19/h3,5-6,8-9,11,13H,4,7,10,12H2,1-2H3,(H,21,23)(H,22,24). The summed E-state index contributed by atoms with van der Waals surface area (Å²) in [5.74, 6) is 0.297. The molecule has 2 aromatic rings. The van der Waals surface area contributed by atoms with Gasteiger partial charge in [0.15, 0.2) is 0 Å². The van der Waals surface area contributed by atoms with Gasteiger partial charge in [0.05, 0.1) is 11.3 Å². The van der Waals surface area contributed by atoms with Gasteiger partial charge in [0.25, 0.3) is 10.0 Å². The van der Waals surface area contributed by atoms with E-state index in [9.17, 15) is 13.2 Å². The van der Waals surface area contributed by atoms with Gasteiger partial charge in [-0.05, 0) is 49.6 Å². The number of amidine groups is 1. The maximum atomic E-state index is 12.5. The lowest BCUT2D eigenvalue weighted by Gasteiger charge is -2.11. The van der Waals surface area contributed by atoms with Crippen molar-refractivity contribution in [3.8, 4) is 0 Å². The molecule has 0 radical (unpaired) electrons. The average molecular weight is 385 g/mol. The van der Waals surface area contributed by atoms with Crippen LogP contribution in [0, 0.1) is 13.8 Å². The van der Waals surface area contributed by atoms with Gasteiger partial charge >= 0.3 is 0 Å². The summed E-state index contributed by atoms with van der Waals surface area (Å²) >= 11 is 0. The van der Waals surface area contributed by atoms with Crippen LogP contribution in [0.3, 0.4) is 0 Å². The first-order chi connectivity index (χ1) is 12.8. The van der Waals surface area contributed by atoms with Gasteiger partial charge in [-0.2, -0.15) is 0 Å². The summed E-state index contributed by atoms with van der Waals surface area (Å²) in [4.78, 5) is 16.6. The second-order valence-electron chi connectivity index (χ2n) is 6.72. The zero-order chi connectivity index (χ0) is 19.4. The molecule has 0 saturated heterocycles. The second-order valence-corrected chi connectivity index (χ2v) is 8.40. The minimum Gasteiger partial charge on any atom is -0.326 e. The SMILES string of the molecule is Cc1ccc(C)c(CC(=O)Nc2cccc(S(=O)(=O)NC3=NCCC3)c2)c1. The van der Waals surface area contributed by atoms with Gasteiger partial charge < -0.3 is 5.32 Å². The van der Waals surface area contributed by atoms with Crippen LogP contribution in [0.25, 0.3) is 0 Å². The smallest absolute Gasteiger partial charge is 0.262 e. The Morgan fingerprint density at radius 3 is 2.70 bits per heavy atom. The number of hydrogen-bond acceptors (Lipinski definition) is 4. The van der Waals surface area contributed by atoms with Crippen LogP contribution in [0.1, 0.15) is 29.5 Å². The molecule has 3 rings (SSSR count). The van der Waals surface area contributed by atoms with Crippen LogP contribution in [-0.2, 0) is 21.2 Å². The first kappa shape index (κ1) is 19.1. The molecule has 6 nitrogen and oxygen atoms in total. The molecule has 2 N–H and O–H groups in total. The zero-order valence-corrected chi connectivity index (χ0v) is 16.3. The first-order valence-electron chi connectivity index (χ1n) is 8.86. The summed E-state index contributed by atoms with van der Waals surface area (Å²) in [6.45, 7) is 4.59. The molecule has 142 valence electrons. The third-order valence-electron chi connectivity index (χ3n) is 4.41. The molecule has 0 atom stereocenters. The quantitative estimate of drug-likeness (QED) is 0.829. The van der Waals surface area contributed by atoms with Crippen LogP contribution in [0.4, 0.5) is 5.69 Å². The highest BCUT2D eigenvalue weighted by atomic mass is 32.2. The fourth-order valence-electron chi connectivity index (χ4n) is 2.95. The summed E-state index contributed by atoms with van der Waals surface area (Å²) in [6.07, 6.45) is 1.72. The third-order valence-corrected chi connectivity index (χ3v) is 5.79. The Morgan fingerprint density at radius 1 is 1.15 bits per heavy atom. The molecule has 0 aromatic heterocycles. The minimum absolute atomic E-state index is 0.0987. The van der Waals surface area contributed by atoms with Crippen LogP contribution >= 0.6 is 0 Å². The normalized spacial score (nSPS) is 13.9. The number of rotatable bonds is 5.